The summed E-state index contributed by atoms with van der Waals surface area (Å²) in [6.07, 6.45) is 8.19. The topological polar surface area (TPSA) is 80.2 Å². The molecular weight excluding hydrogens is 306 g/mol. The van der Waals surface area contributed by atoms with Crippen molar-refractivity contribution in [2.24, 2.45) is 5.92 Å². The molecule has 2 fully saturated rings. The first kappa shape index (κ1) is 15.0. The molecule has 7 heteroatoms. The van der Waals surface area contributed by atoms with Crippen LogP contribution in [0.15, 0.2) is 43.0 Å². The number of fused-ring (bicyclic) bond motifs is 1. The molecule has 4 rings (SSSR count). The fraction of sp³-hybridized carbons (Fsp3) is 0.412. The highest BCUT2D eigenvalue weighted by atomic mass is 16.5. The molecule has 3 atom stereocenters. The number of carbonyl (C=O) groups excluding carboxylic acids is 1. The lowest BCUT2D eigenvalue weighted by molar-refractivity contribution is -0.126. The fourth-order valence-corrected chi connectivity index (χ4v) is 3.39. The van der Waals surface area contributed by atoms with Gasteiger partial charge in [-0.25, -0.2) is 9.97 Å². The van der Waals surface area contributed by atoms with E-state index >= 15 is 0 Å². The van der Waals surface area contributed by atoms with E-state index in [0.29, 0.717) is 11.6 Å². The number of rotatable bonds is 3. The summed E-state index contributed by atoms with van der Waals surface area (Å²) in [6.45, 7) is 1.62. The lowest BCUT2D eigenvalue weighted by Gasteiger charge is -2.33. The molecule has 24 heavy (non-hydrogen) atoms. The van der Waals surface area contributed by atoms with Crippen LogP contribution in [-0.2, 0) is 9.53 Å². The maximum atomic E-state index is 12.4. The standard InChI is InChI=1S/C17H19N5O2/c23-16(21-13-3-1-5-18-10-13)14-9-12-4-8-22(11-15(12)24-14)17-19-6-2-7-20-17/h1-3,5-7,10,12,14-15H,4,8-9,11H2,(H,21,23)/t12-,14+,15-/m0/s1. The van der Waals surface area contributed by atoms with Crippen molar-refractivity contribution in [2.75, 3.05) is 23.3 Å². The van der Waals surface area contributed by atoms with Gasteiger partial charge in [-0.3, -0.25) is 9.78 Å². The number of hydrogen-bond donors (Lipinski definition) is 1. The molecule has 4 heterocycles. The number of nitrogens with one attached hydrogen (secondary N) is 1. The largest absolute Gasteiger partial charge is 0.363 e. The Kier molecular flexibility index (Phi) is 4.08. The van der Waals surface area contributed by atoms with Gasteiger partial charge in [0.1, 0.15) is 6.10 Å². The molecule has 1 N–H and O–H groups in total. The zero-order chi connectivity index (χ0) is 16.4. The van der Waals surface area contributed by atoms with Crippen LogP contribution >= 0.6 is 0 Å². The van der Waals surface area contributed by atoms with Gasteiger partial charge in [-0.2, -0.15) is 0 Å². The van der Waals surface area contributed by atoms with Crippen LogP contribution in [-0.4, -0.2) is 46.2 Å². The normalized spacial score (nSPS) is 26.0. The zero-order valence-corrected chi connectivity index (χ0v) is 13.2. The summed E-state index contributed by atoms with van der Waals surface area (Å²) in [4.78, 5) is 27.1. The highest BCUT2D eigenvalue weighted by Gasteiger charge is 2.42. The van der Waals surface area contributed by atoms with Gasteiger partial charge < -0.3 is 15.0 Å². The number of carbonyl (C=O) groups is 1. The molecule has 124 valence electrons. The van der Waals surface area contributed by atoms with Crippen LogP contribution < -0.4 is 10.2 Å². The first-order valence-electron chi connectivity index (χ1n) is 8.18. The van der Waals surface area contributed by atoms with Crippen LogP contribution in [0.2, 0.25) is 0 Å². The van der Waals surface area contributed by atoms with Crippen molar-refractivity contribution in [2.45, 2.75) is 25.0 Å². The van der Waals surface area contributed by atoms with Gasteiger partial charge in [-0.1, -0.05) is 0 Å². The molecule has 0 unspecified atom stereocenters. The first-order valence-corrected chi connectivity index (χ1v) is 8.18. The minimum atomic E-state index is -0.406. The summed E-state index contributed by atoms with van der Waals surface area (Å²) in [6, 6.07) is 5.42. The zero-order valence-electron chi connectivity index (χ0n) is 13.2. The third-order valence-electron chi connectivity index (χ3n) is 4.61. The van der Waals surface area contributed by atoms with E-state index in [9.17, 15) is 4.79 Å². The number of anilines is 2. The maximum Gasteiger partial charge on any atom is 0.253 e. The van der Waals surface area contributed by atoms with Crippen LogP contribution in [0.1, 0.15) is 12.8 Å². The molecule has 2 saturated heterocycles. The number of piperidine rings is 1. The second kappa shape index (κ2) is 6.52. The summed E-state index contributed by atoms with van der Waals surface area (Å²) in [5.74, 6) is 1.04. The Morgan fingerprint density at radius 3 is 2.92 bits per heavy atom. The van der Waals surface area contributed by atoms with Crippen molar-refractivity contribution in [3.63, 3.8) is 0 Å². The van der Waals surface area contributed by atoms with E-state index in [2.05, 4.69) is 25.2 Å². The lowest BCUT2D eigenvalue weighted by atomic mass is 9.92. The summed E-state index contributed by atoms with van der Waals surface area (Å²) in [5.41, 5.74) is 0.695. The summed E-state index contributed by atoms with van der Waals surface area (Å²) in [5, 5.41) is 2.87. The van der Waals surface area contributed by atoms with Crippen molar-refractivity contribution in [3.8, 4) is 0 Å². The van der Waals surface area contributed by atoms with Crippen LogP contribution in [0.3, 0.4) is 0 Å². The van der Waals surface area contributed by atoms with Gasteiger partial charge in [0.2, 0.25) is 5.95 Å². The lowest BCUT2D eigenvalue weighted by Crippen LogP contribution is -2.43. The Bertz CT molecular complexity index is 697. The summed E-state index contributed by atoms with van der Waals surface area (Å²) >= 11 is 0. The van der Waals surface area contributed by atoms with Gasteiger partial charge in [-0.15, -0.1) is 0 Å². The van der Waals surface area contributed by atoms with E-state index < -0.39 is 6.10 Å². The number of nitrogens with zero attached hydrogens (tertiary/aromatic N) is 4. The Balaban J connectivity index is 1.38. The highest BCUT2D eigenvalue weighted by Crippen LogP contribution is 2.34. The molecule has 0 bridgehead atoms. The molecule has 2 aliphatic heterocycles. The van der Waals surface area contributed by atoms with E-state index in [1.54, 1.807) is 36.9 Å². The van der Waals surface area contributed by atoms with Gasteiger partial charge in [0.05, 0.1) is 18.0 Å². The van der Waals surface area contributed by atoms with Crippen molar-refractivity contribution in [1.82, 2.24) is 15.0 Å². The molecule has 0 aliphatic carbocycles. The molecule has 0 spiro atoms. The van der Waals surface area contributed by atoms with E-state index in [4.69, 9.17) is 4.74 Å². The quantitative estimate of drug-likeness (QED) is 0.921. The smallest absolute Gasteiger partial charge is 0.253 e. The monoisotopic (exact) mass is 325 g/mol. The Hall–Kier alpha value is -2.54. The molecule has 2 aromatic rings. The van der Waals surface area contributed by atoms with Crippen LogP contribution in [0.25, 0.3) is 0 Å². The molecule has 1 amide bonds. The predicted molar refractivity (Wildman–Crippen MR) is 88.5 cm³/mol. The van der Waals surface area contributed by atoms with Gasteiger partial charge in [0.15, 0.2) is 0 Å². The molecule has 0 saturated carbocycles. The van der Waals surface area contributed by atoms with Crippen molar-refractivity contribution < 1.29 is 9.53 Å². The summed E-state index contributed by atoms with van der Waals surface area (Å²) in [7, 11) is 0. The van der Waals surface area contributed by atoms with Crippen molar-refractivity contribution >= 4 is 17.5 Å². The minimum Gasteiger partial charge on any atom is -0.363 e. The van der Waals surface area contributed by atoms with Gasteiger partial charge in [-0.05, 0) is 37.0 Å². The maximum absolute atomic E-state index is 12.4. The van der Waals surface area contributed by atoms with Gasteiger partial charge in [0, 0.05) is 31.7 Å². The third kappa shape index (κ3) is 3.07. The second-order valence-electron chi connectivity index (χ2n) is 6.17. The Labute approximate surface area is 140 Å². The van der Waals surface area contributed by atoms with Gasteiger partial charge >= 0.3 is 0 Å². The van der Waals surface area contributed by atoms with Crippen LogP contribution in [0.4, 0.5) is 11.6 Å². The number of aromatic nitrogens is 3. The third-order valence-corrected chi connectivity index (χ3v) is 4.61. The van der Waals surface area contributed by atoms with E-state index in [-0.39, 0.29) is 12.0 Å². The number of amides is 1. The average molecular weight is 325 g/mol. The molecule has 0 aromatic carbocycles. The second-order valence-corrected chi connectivity index (χ2v) is 6.17. The number of ether oxygens (including phenoxy) is 1. The highest BCUT2D eigenvalue weighted by molar-refractivity contribution is 5.94. The molecule has 2 aliphatic rings. The molecule has 2 aromatic heterocycles. The van der Waals surface area contributed by atoms with E-state index in [1.807, 2.05) is 6.07 Å². The number of hydrogen-bond acceptors (Lipinski definition) is 6. The SMILES string of the molecule is O=C(Nc1cccnc1)[C@H]1C[C@@H]2CCN(c3ncccn3)C[C@@H]2O1. The molecule has 7 nitrogen and oxygen atoms in total. The van der Waals surface area contributed by atoms with Gasteiger partial charge in [0.25, 0.3) is 5.91 Å². The fourth-order valence-electron chi connectivity index (χ4n) is 3.39. The first-order chi connectivity index (χ1) is 11.8. The predicted octanol–water partition coefficient (Wildman–Crippen LogP) is 1.49. The van der Waals surface area contributed by atoms with Crippen LogP contribution in [0, 0.1) is 5.92 Å². The van der Waals surface area contributed by atoms with E-state index in [1.165, 1.54) is 0 Å². The Morgan fingerprint density at radius 1 is 1.25 bits per heavy atom. The average Bonchev–Trinajstić information content (AvgIpc) is 3.07. The molecule has 0 radical (unpaired) electrons. The summed E-state index contributed by atoms with van der Waals surface area (Å²) < 4.78 is 6.02. The van der Waals surface area contributed by atoms with Crippen LogP contribution in [0.5, 0.6) is 0 Å². The number of pyridine rings is 1. The van der Waals surface area contributed by atoms with Crippen molar-refractivity contribution in [1.29, 1.82) is 0 Å². The Morgan fingerprint density at radius 2 is 2.12 bits per heavy atom. The van der Waals surface area contributed by atoms with E-state index in [0.717, 1.165) is 31.9 Å². The molecular formula is C17H19N5O2. The van der Waals surface area contributed by atoms with Crippen molar-refractivity contribution in [3.05, 3.63) is 43.0 Å². The minimum absolute atomic E-state index is 0.0483.